The minimum Gasteiger partial charge on any atom is -0.355 e. The zero-order valence-electron chi connectivity index (χ0n) is 20.8. The van der Waals surface area contributed by atoms with Crippen molar-refractivity contribution in [3.05, 3.63) is 81.7 Å². The van der Waals surface area contributed by atoms with Crippen molar-refractivity contribution in [2.24, 2.45) is 0 Å². The molecule has 0 fully saturated rings. The lowest BCUT2D eigenvalue weighted by molar-refractivity contribution is -0.129. The molecule has 0 unspecified atom stereocenters. The number of carbonyl (C=O) groups excluding carboxylic acids is 3. The lowest BCUT2D eigenvalue weighted by Crippen LogP contribution is -2.34. The molecule has 194 valence electrons. The van der Waals surface area contributed by atoms with Crippen molar-refractivity contribution in [3.63, 3.8) is 0 Å². The molecule has 2 heterocycles. The van der Waals surface area contributed by atoms with Crippen LogP contribution in [0.3, 0.4) is 0 Å². The molecule has 1 aliphatic rings. The van der Waals surface area contributed by atoms with Gasteiger partial charge in [-0.2, -0.15) is 4.31 Å². The second kappa shape index (κ2) is 10.8. The third-order valence-corrected chi connectivity index (χ3v) is 9.21. The predicted octanol–water partition coefficient (Wildman–Crippen LogP) is 3.09. The van der Waals surface area contributed by atoms with Crippen LogP contribution in [0.5, 0.6) is 0 Å². The number of hydrogen-bond acceptors (Lipinski definition) is 6. The molecule has 0 bridgehead atoms. The van der Waals surface area contributed by atoms with Crippen LogP contribution in [-0.4, -0.2) is 56.0 Å². The van der Waals surface area contributed by atoms with E-state index in [4.69, 9.17) is 0 Å². The van der Waals surface area contributed by atoms with Crippen LogP contribution in [0.25, 0.3) is 0 Å². The van der Waals surface area contributed by atoms with Crippen molar-refractivity contribution in [1.29, 1.82) is 0 Å². The molecule has 9 nitrogen and oxygen atoms in total. The van der Waals surface area contributed by atoms with Crippen molar-refractivity contribution in [1.82, 2.24) is 14.5 Å². The first-order chi connectivity index (χ1) is 17.6. The summed E-state index contributed by atoms with van der Waals surface area (Å²) in [5, 5.41) is 5.84. The molecule has 1 aliphatic heterocycles. The molecule has 3 aromatic rings. The van der Waals surface area contributed by atoms with Gasteiger partial charge in [-0.05, 0) is 41.8 Å². The fraction of sp³-hybridized carbons (Fsp3) is 0.269. The van der Waals surface area contributed by atoms with Gasteiger partial charge in [-0.15, -0.1) is 11.3 Å². The molecule has 0 saturated heterocycles. The van der Waals surface area contributed by atoms with Gasteiger partial charge in [0.25, 0.3) is 11.8 Å². The van der Waals surface area contributed by atoms with Gasteiger partial charge in [-0.1, -0.05) is 30.3 Å². The van der Waals surface area contributed by atoms with E-state index in [0.717, 1.165) is 16.0 Å². The van der Waals surface area contributed by atoms with Crippen molar-refractivity contribution in [2.45, 2.75) is 31.3 Å². The Balaban J connectivity index is 1.53. The van der Waals surface area contributed by atoms with Crippen molar-refractivity contribution in [2.75, 3.05) is 26.0 Å². The minimum absolute atomic E-state index is 0.0458. The summed E-state index contributed by atoms with van der Waals surface area (Å²) >= 11 is 1.27. The zero-order valence-corrected chi connectivity index (χ0v) is 22.4. The van der Waals surface area contributed by atoms with E-state index < -0.39 is 15.9 Å². The number of carbonyl (C=O) groups is 3. The van der Waals surface area contributed by atoms with Gasteiger partial charge in [-0.25, -0.2) is 8.42 Å². The fourth-order valence-electron chi connectivity index (χ4n) is 4.18. The maximum absolute atomic E-state index is 13.0. The molecule has 11 heteroatoms. The lowest BCUT2D eigenvalue weighted by atomic mass is 10.0. The van der Waals surface area contributed by atoms with Crippen LogP contribution < -0.4 is 10.6 Å². The number of sulfonamides is 1. The first-order valence-corrected chi connectivity index (χ1v) is 13.9. The van der Waals surface area contributed by atoms with E-state index in [0.29, 0.717) is 30.1 Å². The number of amides is 3. The van der Waals surface area contributed by atoms with E-state index in [1.165, 1.54) is 60.9 Å². The van der Waals surface area contributed by atoms with Gasteiger partial charge in [0.2, 0.25) is 15.9 Å². The second-order valence-corrected chi connectivity index (χ2v) is 11.9. The van der Waals surface area contributed by atoms with E-state index in [9.17, 15) is 22.8 Å². The summed E-state index contributed by atoms with van der Waals surface area (Å²) in [4.78, 5) is 40.1. The van der Waals surface area contributed by atoms with Crippen LogP contribution in [0.2, 0.25) is 0 Å². The van der Waals surface area contributed by atoms with Crippen LogP contribution in [-0.2, 0) is 34.3 Å². The SMILES string of the molecule is CNC(=O)c1c(NC(=O)c2ccc(S(=O)(=O)N(C)Cc3ccccc3)cc2)sc2c1CCN(C(C)=O)C2. The molecule has 0 saturated carbocycles. The van der Waals surface area contributed by atoms with E-state index in [-0.39, 0.29) is 28.8 Å². The highest BCUT2D eigenvalue weighted by molar-refractivity contribution is 7.89. The Morgan fingerprint density at radius 2 is 1.70 bits per heavy atom. The van der Waals surface area contributed by atoms with Gasteiger partial charge in [-0.3, -0.25) is 14.4 Å². The number of fused-ring (bicyclic) bond motifs is 1. The average Bonchev–Trinajstić information content (AvgIpc) is 3.25. The molecule has 1 aromatic heterocycles. The summed E-state index contributed by atoms with van der Waals surface area (Å²) in [6.07, 6.45) is 0.521. The van der Waals surface area contributed by atoms with E-state index in [1.54, 1.807) is 4.90 Å². The summed E-state index contributed by atoms with van der Waals surface area (Å²) in [6, 6.07) is 15.0. The highest BCUT2D eigenvalue weighted by atomic mass is 32.2. The molecule has 0 aliphatic carbocycles. The second-order valence-electron chi connectivity index (χ2n) is 8.70. The summed E-state index contributed by atoms with van der Waals surface area (Å²) in [5.74, 6) is -0.823. The highest BCUT2D eigenvalue weighted by Gasteiger charge is 2.29. The molecule has 2 aromatic carbocycles. The van der Waals surface area contributed by atoms with E-state index in [2.05, 4.69) is 10.6 Å². The molecule has 4 rings (SSSR count). The third kappa shape index (κ3) is 5.58. The lowest BCUT2D eigenvalue weighted by Gasteiger charge is -2.25. The molecule has 0 radical (unpaired) electrons. The van der Waals surface area contributed by atoms with Gasteiger partial charge >= 0.3 is 0 Å². The highest BCUT2D eigenvalue weighted by Crippen LogP contribution is 2.37. The van der Waals surface area contributed by atoms with Crippen molar-refractivity contribution in [3.8, 4) is 0 Å². The number of nitrogens with zero attached hydrogens (tertiary/aromatic N) is 2. The van der Waals surface area contributed by atoms with Gasteiger partial charge in [0.05, 0.1) is 17.0 Å². The van der Waals surface area contributed by atoms with Crippen molar-refractivity contribution < 1.29 is 22.8 Å². The van der Waals surface area contributed by atoms with Crippen LogP contribution in [0.1, 0.15) is 43.6 Å². The molecule has 0 atom stereocenters. The Labute approximate surface area is 220 Å². The Hall–Kier alpha value is -3.54. The van der Waals surface area contributed by atoms with Crippen LogP contribution >= 0.6 is 11.3 Å². The van der Waals surface area contributed by atoms with Gasteiger partial charge in [0.15, 0.2) is 0 Å². The standard InChI is InChI=1S/C26H28N4O5S2/c1-17(31)30-14-13-21-22(16-30)36-26(23(21)25(33)27-2)28-24(32)19-9-11-20(12-10-19)37(34,35)29(3)15-18-7-5-4-6-8-18/h4-12H,13-16H2,1-3H3,(H,27,33)(H,28,32). The third-order valence-electron chi connectivity index (χ3n) is 6.26. The monoisotopic (exact) mass is 540 g/mol. The summed E-state index contributed by atoms with van der Waals surface area (Å²) < 4.78 is 27.3. The normalized spacial score (nSPS) is 13.2. The number of rotatable bonds is 7. The molecular weight excluding hydrogens is 512 g/mol. The number of thiophene rings is 1. The van der Waals surface area contributed by atoms with Crippen LogP contribution in [0.4, 0.5) is 5.00 Å². The largest absolute Gasteiger partial charge is 0.355 e. The number of anilines is 1. The molecule has 3 amide bonds. The Morgan fingerprint density at radius 3 is 2.32 bits per heavy atom. The van der Waals surface area contributed by atoms with E-state index >= 15 is 0 Å². The van der Waals surface area contributed by atoms with Gasteiger partial charge < -0.3 is 15.5 Å². The molecule has 0 spiro atoms. The maximum atomic E-state index is 13.0. The van der Waals surface area contributed by atoms with Gasteiger partial charge in [0, 0.05) is 44.5 Å². The topological polar surface area (TPSA) is 116 Å². The van der Waals surface area contributed by atoms with Crippen molar-refractivity contribution >= 4 is 44.1 Å². The van der Waals surface area contributed by atoms with Crippen LogP contribution in [0, 0.1) is 0 Å². The number of nitrogens with one attached hydrogen (secondary N) is 2. The van der Waals surface area contributed by atoms with E-state index in [1.807, 2.05) is 30.3 Å². The first-order valence-electron chi connectivity index (χ1n) is 11.7. The summed E-state index contributed by atoms with van der Waals surface area (Å²) in [6.45, 7) is 2.62. The number of benzene rings is 2. The average molecular weight is 541 g/mol. The predicted molar refractivity (Wildman–Crippen MR) is 142 cm³/mol. The van der Waals surface area contributed by atoms with Gasteiger partial charge in [0.1, 0.15) is 5.00 Å². The Kier molecular flexibility index (Phi) is 7.76. The summed E-state index contributed by atoms with van der Waals surface area (Å²) in [5.41, 5.74) is 2.35. The molecular formula is C26H28N4O5S2. The zero-order chi connectivity index (χ0) is 26.7. The number of hydrogen-bond donors (Lipinski definition) is 2. The fourth-order valence-corrected chi connectivity index (χ4v) is 6.60. The quantitative estimate of drug-likeness (QED) is 0.478. The minimum atomic E-state index is -3.76. The first kappa shape index (κ1) is 26.5. The molecule has 2 N–H and O–H groups in total. The Morgan fingerprint density at radius 1 is 1.03 bits per heavy atom. The maximum Gasteiger partial charge on any atom is 0.256 e. The Bertz CT molecular complexity index is 1430. The van der Waals surface area contributed by atoms with Crippen LogP contribution in [0.15, 0.2) is 59.5 Å². The molecule has 37 heavy (non-hydrogen) atoms. The summed E-state index contributed by atoms with van der Waals surface area (Å²) in [7, 11) is -0.722. The smallest absolute Gasteiger partial charge is 0.256 e.